The van der Waals surface area contributed by atoms with Gasteiger partial charge in [-0.25, -0.2) is 0 Å². The lowest BCUT2D eigenvalue weighted by Crippen LogP contribution is -2.21. The average molecular weight is 272 g/mol. The zero-order chi connectivity index (χ0) is 14.7. The van der Waals surface area contributed by atoms with Gasteiger partial charge in [0, 0.05) is 12.8 Å². The molecule has 0 aromatic heterocycles. The Balaban J connectivity index is 3.59. The van der Waals surface area contributed by atoms with Crippen LogP contribution in [0.3, 0.4) is 0 Å². The van der Waals surface area contributed by atoms with Crippen molar-refractivity contribution in [2.75, 3.05) is 6.61 Å². The number of hydrogen-bond donors (Lipinski definition) is 0. The van der Waals surface area contributed by atoms with Crippen molar-refractivity contribution in [3.8, 4) is 0 Å². The van der Waals surface area contributed by atoms with Crippen LogP contribution in [0, 0.1) is 0 Å². The van der Waals surface area contributed by atoms with E-state index in [2.05, 4.69) is 6.92 Å². The molecule has 0 saturated carbocycles. The van der Waals surface area contributed by atoms with Crippen LogP contribution in [0.1, 0.15) is 59.3 Å². The predicted octanol–water partition coefficient (Wildman–Crippen LogP) is 2.41. The maximum absolute atomic E-state index is 11.3. The smallest absolute Gasteiger partial charge is 0.306 e. The number of rotatable bonds is 10. The first kappa shape index (κ1) is 17.6. The Labute approximate surface area is 114 Å². The van der Waals surface area contributed by atoms with Gasteiger partial charge in [-0.3, -0.25) is 14.4 Å². The van der Waals surface area contributed by atoms with Crippen molar-refractivity contribution in [1.29, 1.82) is 0 Å². The summed E-state index contributed by atoms with van der Waals surface area (Å²) in [7, 11) is 0. The molecular formula is C14H24O5. The molecule has 19 heavy (non-hydrogen) atoms. The van der Waals surface area contributed by atoms with E-state index in [1.54, 1.807) is 0 Å². The number of ether oxygens (including phenoxy) is 2. The summed E-state index contributed by atoms with van der Waals surface area (Å²) in [5.74, 6) is -0.936. The monoisotopic (exact) mass is 272 g/mol. The van der Waals surface area contributed by atoms with E-state index in [9.17, 15) is 14.4 Å². The largest absolute Gasteiger partial charge is 0.466 e. The predicted molar refractivity (Wildman–Crippen MR) is 70.6 cm³/mol. The molecule has 1 atom stereocenters. The SMILES string of the molecule is CCCCCOC(=O)CCCC(=O)OC(C)C(C)=O. The van der Waals surface area contributed by atoms with Crippen molar-refractivity contribution in [2.45, 2.75) is 65.4 Å². The quantitative estimate of drug-likeness (QED) is 0.451. The van der Waals surface area contributed by atoms with Crippen LogP contribution in [-0.4, -0.2) is 30.4 Å². The highest BCUT2D eigenvalue weighted by Gasteiger charge is 2.13. The van der Waals surface area contributed by atoms with E-state index in [0.717, 1.165) is 19.3 Å². The van der Waals surface area contributed by atoms with E-state index in [4.69, 9.17) is 9.47 Å². The molecule has 0 aromatic carbocycles. The van der Waals surface area contributed by atoms with E-state index in [1.165, 1.54) is 13.8 Å². The fourth-order valence-electron chi connectivity index (χ4n) is 1.33. The van der Waals surface area contributed by atoms with Gasteiger partial charge in [-0.15, -0.1) is 0 Å². The fraction of sp³-hybridized carbons (Fsp3) is 0.786. The highest BCUT2D eigenvalue weighted by Crippen LogP contribution is 2.03. The highest BCUT2D eigenvalue weighted by molar-refractivity contribution is 5.83. The molecule has 0 fully saturated rings. The van der Waals surface area contributed by atoms with E-state index in [0.29, 0.717) is 13.0 Å². The molecular weight excluding hydrogens is 248 g/mol. The van der Waals surface area contributed by atoms with Gasteiger partial charge in [-0.2, -0.15) is 0 Å². The molecule has 5 nitrogen and oxygen atoms in total. The van der Waals surface area contributed by atoms with Crippen LogP contribution < -0.4 is 0 Å². The zero-order valence-corrected chi connectivity index (χ0v) is 12.1. The molecule has 0 amide bonds. The second-order valence-corrected chi connectivity index (χ2v) is 4.52. The highest BCUT2D eigenvalue weighted by atomic mass is 16.5. The Kier molecular flexibility index (Phi) is 9.75. The van der Waals surface area contributed by atoms with Crippen LogP contribution in [0.25, 0.3) is 0 Å². The first-order valence-corrected chi connectivity index (χ1v) is 6.83. The molecule has 0 saturated heterocycles. The maximum Gasteiger partial charge on any atom is 0.306 e. The zero-order valence-electron chi connectivity index (χ0n) is 12.1. The van der Waals surface area contributed by atoms with Crippen molar-refractivity contribution < 1.29 is 23.9 Å². The van der Waals surface area contributed by atoms with Gasteiger partial charge in [0.2, 0.25) is 0 Å². The van der Waals surface area contributed by atoms with Gasteiger partial charge in [0.05, 0.1) is 6.61 Å². The van der Waals surface area contributed by atoms with Crippen molar-refractivity contribution in [3.63, 3.8) is 0 Å². The van der Waals surface area contributed by atoms with Crippen LogP contribution in [0.2, 0.25) is 0 Å². The van der Waals surface area contributed by atoms with Crippen LogP contribution in [0.4, 0.5) is 0 Å². The Morgan fingerprint density at radius 1 is 1.00 bits per heavy atom. The minimum atomic E-state index is -0.714. The number of esters is 2. The number of carbonyl (C=O) groups is 3. The van der Waals surface area contributed by atoms with Crippen molar-refractivity contribution in [2.24, 2.45) is 0 Å². The van der Waals surface area contributed by atoms with Crippen molar-refractivity contribution in [3.05, 3.63) is 0 Å². The first-order valence-electron chi connectivity index (χ1n) is 6.83. The molecule has 5 heteroatoms. The number of carbonyl (C=O) groups excluding carboxylic acids is 3. The lowest BCUT2D eigenvalue weighted by Gasteiger charge is -2.09. The molecule has 0 aromatic rings. The summed E-state index contributed by atoms with van der Waals surface area (Å²) in [6.45, 7) is 5.42. The fourth-order valence-corrected chi connectivity index (χ4v) is 1.33. The summed E-state index contributed by atoms with van der Waals surface area (Å²) < 4.78 is 9.87. The van der Waals surface area contributed by atoms with Crippen LogP contribution in [-0.2, 0) is 23.9 Å². The van der Waals surface area contributed by atoms with E-state index < -0.39 is 12.1 Å². The van der Waals surface area contributed by atoms with Crippen molar-refractivity contribution >= 4 is 17.7 Å². The Hall–Kier alpha value is -1.39. The molecule has 110 valence electrons. The number of hydrogen-bond acceptors (Lipinski definition) is 5. The van der Waals surface area contributed by atoms with Gasteiger partial charge in [0.25, 0.3) is 0 Å². The van der Waals surface area contributed by atoms with Crippen LogP contribution >= 0.6 is 0 Å². The molecule has 0 spiro atoms. The second-order valence-electron chi connectivity index (χ2n) is 4.52. The Morgan fingerprint density at radius 2 is 1.63 bits per heavy atom. The van der Waals surface area contributed by atoms with Gasteiger partial charge >= 0.3 is 11.9 Å². The minimum absolute atomic E-state index is 0.127. The van der Waals surface area contributed by atoms with Crippen molar-refractivity contribution in [1.82, 2.24) is 0 Å². The lowest BCUT2D eigenvalue weighted by molar-refractivity contribution is -0.153. The van der Waals surface area contributed by atoms with Crippen LogP contribution in [0.15, 0.2) is 0 Å². The third-order valence-corrected chi connectivity index (χ3v) is 2.65. The average Bonchev–Trinajstić information content (AvgIpc) is 2.34. The molecule has 0 rings (SSSR count). The molecule has 0 bridgehead atoms. The topological polar surface area (TPSA) is 69.7 Å². The third kappa shape index (κ3) is 10.2. The van der Waals surface area contributed by atoms with Gasteiger partial charge in [-0.1, -0.05) is 19.8 Å². The molecule has 1 unspecified atom stereocenters. The number of ketones is 1. The summed E-state index contributed by atoms with van der Waals surface area (Å²) in [6.07, 6.45) is 3.00. The Morgan fingerprint density at radius 3 is 2.21 bits per heavy atom. The van der Waals surface area contributed by atoms with Gasteiger partial charge < -0.3 is 9.47 Å². The summed E-state index contributed by atoms with van der Waals surface area (Å²) in [5, 5.41) is 0. The van der Waals surface area contributed by atoms with E-state index >= 15 is 0 Å². The van der Waals surface area contributed by atoms with Gasteiger partial charge in [-0.05, 0) is 26.7 Å². The third-order valence-electron chi connectivity index (χ3n) is 2.65. The minimum Gasteiger partial charge on any atom is -0.466 e. The summed E-state index contributed by atoms with van der Waals surface area (Å²) in [5.41, 5.74) is 0. The molecule has 0 radical (unpaired) electrons. The Bertz CT molecular complexity index is 298. The van der Waals surface area contributed by atoms with Crippen LogP contribution in [0.5, 0.6) is 0 Å². The number of unbranched alkanes of at least 4 members (excludes halogenated alkanes) is 2. The number of Topliss-reactive ketones (excluding diaryl/α,β-unsaturated/α-hetero) is 1. The van der Waals surface area contributed by atoms with Gasteiger partial charge in [0.15, 0.2) is 11.9 Å². The molecule has 0 aliphatic heterocycles. The molecule has 0 N–H and O–H groups in total. The molecule has 0 aliphatic carbocycles. The van der Waals surface area contributed by atoms with E-state index in [-0.39, 0.29) is 24.6 Å². The van der Waals surface area contributed by atoms with Gasteiger partial charge in [0.1, 0.15) is 0 Å². The summed E-state index contributed by atoms with van der Waals surface area (Å²) in [6, 6.07) is 0. The molecule has 0 aliphatic rings. The normalized spacial score (nSPS) is 11.7. The summed E-state index contributed by atoms with van der Waals surface area (Å²) >= 11 is 0. The maximum atomic E-state index is 11.3. The molecule has 0 heterocycles. The lowest BCUT2D eigenvalue weighted by atomic mass is 10.2. The van der Waals surface area contributed by atoms with E-state index in [1.807, 2.05) is 0 Å². The first-order chi connectivity index (χ1) is 8.97. The standard InChI is InChI=1S/C14H24O5/c1-4-5-6-10-18-13(16)8-7-9-14(17)19-12(3)11(2)15/h12H,4-10H2,1-3H3. The second kappa shape index (κ2) is 10.5. The summed E-state index contributed by atoms with van der Waals surface area (Å²) in [4.78, 5) is 33.5.